The fourth-order valence-corrected chi connectivity index (χ4v) is 2.80. The van der Waals surface area contributed by atoms with Gasteiger partial charge in [0.1, 0.15) is 5.82 Å². The Balaban J connectivity index is 1.73. The number of nitrogens with one attached hydrogen (secondary N) is 2. The maximum Gasteiger partial charge on any atom is 0.224 e. The van der Waals surface area contributed by atoms with Crippen LogP contribution in [-0.2, 0) is 4.74 Å². The number of hydrogen-bond donors (Lipinski definition) is 2. The molecule has 1 aromatic heterocycles. The van der Waals surface area contributed by atoms with Crippen molar-refractivity contribution in [2.24, 2.45) is 0 Å². The first-order valence-corrected chi connectivity index (χ1v) is 6.75. The molecule has 0 aliphatic carbocycles. The molecule has 2 bridgehead atoms. The first-order valence-electron chi connectivity index (χ1n) is 6.75. The summed E-state index contributed by atoms with van der Waals surface area (Å²) in [6, 6.07) is 0.409. The van der Waals surface area contributed by atoms with Crippen molar-refractivity contribution in [1.29, 1.82) is 0 Å². The summed E-state index contributed by atoms with van der Waals surface area (Å²) in [4.78, 5) is 8.78. The van der Waals surface area contributed by atoms with E-state index in [1.807, 2.05) is 20.0 Å². The lowest BCUT2D eigenvalue weighted by atomic mass is 9.95. The standard InChI is InChI=1S/C13H20N4O/c1-3-14-13-15-7-8(2)12(17-13)16-10-6-9-4-5-11(10)18-9/h7,9-11H,3-6H2,1-2H3,(H2,14,15,16,17). The average molecular weight is 248 g/mol. The Labute approximate surface area is 107 Å². The van der Waals surface area contributed by atoms with Gasteiger partial charge in [-0.1, -0.05) is 0 Å². The molecule has 2 aliphatic heterocycles. The average Bonchev–Trinajstić information content (AvgIpc) is 2.96. The van der Waals surface area contributed by atoms with Gasteiger partial charge in [0.2, 0.25) is 5.95 Å². The van der Waals surface area contributed by atoms with Crippen molar-refractivity contribution >= 4 is 11.8 Å². The molecule has 0 radical (unpaired) electrons. The van der Waals surface area contributed by atoms with Crippen molar-refractivity contribution in [2.75, 3.05) is 17.2 Å². The van der Waals surface area contributed by atoms with Crippen LogP contribution >= 0.6 is 0 Å². The molecule has 2 saturated heterocycles. The molecule has 18 heavy (non-hydrogen) atoms. The monoisotopic (exact) mass is 248 g/mol. The van der Waals surface area contributed by atoms with Crippen molar-refractivity contribution in [3.63, 3.8) is 0 Å². The van der Waals surface area contributed by atoms with Gasteiger partial charge in [-0.25, -0.2) is 4.98 Å². The SMILES string of the molecule is CCNc1ncc(C)c(NC2CC3CCC2O3)n1. The maximum absolute atomic E-state index is 5.85. The Morgan fingerprint density at radius 1 is 1.44 bits per heavy atom. The summed E-state index contributed by atoms with van der Waals surface area (Å²) in [5.74, 6) is 1.62. The summed E-state index contributed by atoms with van der Waals surface area (Å²) in [7, 11) is 0. The van der Waals surface area contributed by atoms with Crippen LogP contribution in [0.3, 0.4) is 0 Å². The van der Waals surface area contributed by atoms with Crippen molar-refractivity contribution in [3.8, 4) is 0 Å². The molecule has 0 aromatic carbocycles. The number of ether oxygens (including phenoxy) is 1. The van der Waals surface area contributed by atoms with Gasteiger partial charge in [0.15, 0.2) is 0 Å². The predicted molar refractivity (Wildman–Crippen MR) is 70.9 cm³/mol. The molecule has 0 saturated carbocycles. The number of hydrogen-bond acceptors (Lipinski definition) is 5. The molecular formula is C13H20N4O. The van der Waals surface area contributed by atoms with E-state index in [0.29, 0.717) is 24.2 Å². The molecule has 3 rings (SSSR count). The van der Waals surface area contributed by atoms with Crippen molar-refractivity contribution in [2.45, 2.75) is 51.4 Å². The predicted octanol–water partition coefficient (Wildman–Crippen LogP) is 1.95. The Morgan fingerprint density at radius 2 is 2.33 bits per heavy atom. The molecule has 5 nitrogen and oxygen atoms in total. The highest BCUT2D eigenvalue weighted by atomic mass is 16.5. The van der Waals surface area contributed by atoms with Gasteiger partial charge < -0.3 is 15.4 Å². The van der Waals surface area contributed by atoms with Crippen molar-refractivity contribution in [1.82, 2.24) is 9.97 Å². The Morgan fingerprint density at radius 3 is 3.00 bits per heavy atom. The van der Waals surface area contributed by atoms with Crippen LogP contribution in [0.5, 0.6) is 0 Å². The molecule has 0 amide bonds. The molecule has 3 heterocycles. The fourth-order valence-electron chi connectivity index (χ4n) is 2.80. The largest absolute Gasteiger partial charge is 0.373 e. The van der Waals surface area contributed by atoms with E-state index in [1.54, 1.807) is 0 Å². The molecule has 0 spiro atoms. The highest BCUT2D eigenvalue weighted by molar-refractivity contribution is 5.47. The molecule has 5 heteroatoms. The van der Waals surface area contributed by atoms with E-state index in [4.69, 9.17) is 4.74 Å². The number of anilines is 2. The van der Waals surface area contributed by atoms with Crippen LogP contribution in [-0.4, -0.2) is 34.8 Å². The van der Waals surface area contributed by atoms with Crippen LogP contribution < -0.4 is 10.6 Å². The van der Waals surface area contributed by atoms with Gasteiger partial charge in [0.05, 0.1) is 18.2 Å². The normalized spacial score (nSPS) is 29.6. The Hall–Kier alpha value is -1.36. The molecule has 2 aliphatic rings. The van der Waals surface area contributed by atoms with E-state index in [2.05, 4.69) is 20.6 Å². The van der Waals surface area contributed by atoms with Gasteiger partial charge in [-0.2, -0.15) is 4.98 Å². The van der Waals surface area contributed by atoms with E-state index in [9.17, 15) is 0 Å². The smallest absolute Gasteiger partial charge is 0.224 e. The van der Waals surface area contributed by atoms with Crippen LogP contribution in [0.15, 0.2) is 6.20 Å². The Kier molecular flexibility index (Phi) is 3.07. The van der Waals surface area contributed by atoms with Crippen LogP contribution in [0, 0.1) is 6.92 Å². The van der Waals surface area contributed by atoms with Gasteiger partial charge in [-0.3, -0.25) is 0 Å². The minimum Gasteiger partial charge on any atom is -0.373 e. The van der Waals surface area contributed by atoms with E-state index in [1.165, 1.54) is 12.8 Å². The zero-order valence-electron chi connectivity index (χ0n) is 10.9. The van der Waals surface area contributed by atoms with E-state index in [-0.39, 0.29) is 0 Å². The molecule has 98 valence electrons. The van der Waals surface area contributed by atoms with Gasteiger partial charge in [0, 0.05) is 18.3 Å². The minimum atomic E-state index is 0.368. The third-order valence-electron chi connectivity index (χ3n) is 3.73. The first kappa shape index (κ1) is 11.7. The van der Waals surface area contributed by atoms with Crippen LogP contribution in [0.25, 0.3) is 0 Å². The second-order valence-corrected chi connectivity index (χ2v) is 5.12. The lowest BCUT2D eigenvalue weighted by Gasteiger charge is -2.21. The molecule has 1 aromatic rings. The lowest BCUT2D eigenvalue weighted by Crippen LogP contribution is -2.31. The summed E-state index contributed by atoms with van der Waals surface area (Å²) >= 11 is 0. The van der Waals surface area contributed by atoms with E-state index in [0.717, 1.165) is 24.3 Å². The second-order valence-electron chi connectivity index (χ2n) is 5.12. The van der Waals surface area contributed by atoms with Gasteiger partial charge >= 0.3 is 0 Å². The number of aryl methyl sites for hydroxylation is 1. The summed E-state index contributed by atoms with van der Waals surface area (Å²) < 4.78 is 5.85. The number of fused-ring (bicyclic) bond motifs is 2. The van der Waals surface area contributed by atoms with Crippen LogP contribution in [0.4, 0.5) is 11.8 Å². The van der Waals surface area contributed by atoms with E-state index < -0.39 is 0 Å². The zero-order chi connectivity index (χ0) is 12.5. The maximum atomic E-state index is 5.85. The van der Waals surface area contributed by atoms with Crippen LogP contribution in [0.1, 0.15) is 31.7 Å². The number of rotatable bonds is 4. The zero-order valence-corrected chi connectivity index (χ0v) is 10.9. The lowest BCUT2D eigenvalue weighted by molar-refractivity contribution is 0.102. The molecular weight excluding hydrogens is 228 g/mol. The van der Waals surface area contributed by atoms with E-state index >= 15 is 0 Å². The number of aromatic nitrogens is 2. The number of nitrogens with zero attached hydrogens (tertiary/aromatic N) is 2. The van der Waals surface area contributed by atoms with Gasteiger partial charge in [-0.05, 0) is 33.1 Å². The summed E-state index contributed by atoms with van der Waals surface area (Å²) in [6.07, 6.45) is 6.18. The topological polar surface area (TPSA) is 59.1 Å². The summed E-state index contributed by atoms with van der Waals surface area (Å²) in [5.41, 5.74) is 1.08. The third kappa shape index (κ3) is 2.14. The van der Waals surface area contributed by atoms with Gasteiger partial charge in [0.25, 0.3) is 0 Å². The summed E-state index contributed by atoms with van der Waals surface area (Å²) in [5, 5.41) is 6.66. The first-order chi connectivity index (χ1) is 8.76. The molecule has 3 unspecified atom stereocenters. The quantitative estimate of drug-likeness (QED) is 0.853. The van der Waals surface area contributed by atoms with Crippen molar-refractivity contribution in [3.05, 3.63) is 11.8 Å². The molecule has 2 N–H and O–H groups in total. The second kappa shape index (κ2) is 4.72. The van der Waals surface area contributed by atoms with Gasteiger partial charge in [-0.15, -0.1) is 0 Å². The highest BCUT2D eigenvalue weighted by Gasteiger charge is 2.40. The highest BCUT2D eigenvalue weighted by Crippen LogP contribution is 2.36. The minimum absolute atomic E-state index is 0.368. The van der Waals surface area contributed by atoms with Crippen LogP contribution in [0.2, 0.25) is 0 Å². The summed E-state index contributed by atoms with van der Waals surface area (Å²) in [6.45, 7) is 4.91. The fraction of sp³-hybridized carbons (Fsp3) is 0.692. The Bertz CT molecular complexity index is 437. The van der Waals surface area contributed by atoms with Crippen molar-refractivity contribution < 1.29 is 4.74 Å². The molecule has 2 fully saturated rings. The molecule has 3 atom stereocenters. The third-order valence-corrected chi connectivity index (χ3v) is 3.73.